The molecule has 0 aromatic heterocycles. The number of ether oxygens (including phenoxy) is 1. The molecule has 0 aliphatic heterocycles. The van der Waals surface area contributed by atoms with Crippen LogP contribution in [0.5, 0.6) is 0 Å². The summed E-state index contributed by atoms with van der Waals surface area (Å²) in [6.45, 7) is 3.31. The van der Waals surface area contributed by atoms with Crippen LogP contribution >= 0.6 is 0 Å². The lowest BCUT2D eigenvalue weighted by Crippen LogP contribution is -2.02. The van der Waals surface area contributed by atoms with Gasteiger partial charge >= 0.3 is 0 Å². The van der Waals surface area contributed by atoms with Crippen molar-refractivity contribution in [1.82, 2.24) is 0 Å². The molecule has 0 N–H and O–H groups in total. The molecule has 0 bridgehead atoms. The molecule has 1 rings (SSSR count). The van der Waals surface area contributed by atoms with E-state index in [9.17, 15) is 0 Å². The summed E-state index contributed by atoms with van der Waals surface area (Å²) < 4.78 is 5.07. The minimum absolute atomic E-state index is 0. The van der Waals surface area contributed by atoms with E-state index in [1.165, 1.54) is 19.3 Å². The molecule has 0 aromatic rings. The second kappa shape index (κ2) is 4.73. The molecule has 2 atom stereocenters. The topological polar surface area (TPSA) is 9.23 Å². The second-order valence-electron chi connectivity index (χ2n) is 3.24. The average molecular weight is 144 g/mol. The zero-order valence-electron chi connectivity index (χ0n) is 6.39. The van der Waals surface area contributed by atoms with Crippen molar-refractivity contribution in [2.45, 2.75) is 33.6 Å². The quantitative estimate of drug-likeness (QED) is 0.579. The van der Waals surface area contributed by atoms with Crippen LogP contribution in [0.15, 0.2) is 0 Å². The van der Waals surface area contributed by atoms with Gasteiger partial charge in [-0.2, -0.15) is 0 Å². The maximum absolute atomic E-state index is 5.07. The van der Waals surface area contributed by atoms with Gasteiger partial charge in [0.05, 0.1) is 0 Å². The summed E-state index contributed by atoms with van der Waals surface area (Å²) in [6.07, 6.45) is 4.18. The first kappa shape index (κ1) is 9.96. The van der Waals surface area contributed by atoms with Gasteiger partial charge < -0.3 is 4.74 Å². The van der Waals surface area contributed by atoms with Gasteiger partial charge in [-0.15, -0.1) is 0 Å². The summed E-state index contributed by atoms with van der Waals surface area (Å²) in [7, 11) is 1.79. The van der Waals surface area contributed by atoms with Crippen LogP contribution in [0, 0.1) is 11.8 Å². The van der Waals surface area contributed by atoms with Crippen LogP contribution < -0.4 is 0 Å². The van der Waals surface area contributed by atoms with Gasteiger partial charge in [0.1, 0.15) is 0 Å². The number of rotatable bonds is 2. The zero-order chi connectivity index (χ0) is 6.69. The van der Waals surface area contributed by atoms with Crippen LogP contribution in [0.2, 0.25) is 0 Å². The Bertz CT molecular complexity index is 78.8. The minimum Gasteiger partial charge on any atom is -0.384 e. The fourth-order valence-electron chi connectivity index (χ4n) is 1.71. The summed E-state index contributed by atoms with van der Waals surface area (Å²) in [5, 5.41) is 0. The van der Waals surface area contributed by atoms with E-state index in [2.05, 4.69) is 6.92 Å². The molecule has 1 fully saturated rings. The van der Waals surface area contributed by atoms with E-state index < -0.39 is 0 Å². The first-order valence-electron chi connectivity index (χ1n) is 3.82. The van der Waals surface area contributed by atoms with Gasteiger partial charge in [-0.3, -0.25) is 0 Å². The number of methoxy groups -OCH3 is 1. The molecular formula is C9H20O. The third-order valence-corrected chi connectivity index (χ3v) is 2.21. The first-order chi connectivity index (χ1) is 4.33. The summed E-state index contributed by atoms with van der Waals surface area (Å²) in [6, 6.07) is 0. The van der Waals surface area contributed by atoms with E-state index in [4.69, 9.17) is 4.74 Å². The molecule has 0 radical (unpaired) electrons. The van der Waals surface area contributed by atoms with Gasteiger partial charge in [0.25, 0.3) is 0 Å². The molecule has 1 saturated carbocycles. The summed E-state index contributed by atoms with van der Waals surface area (Å²) in [5.74, 6) is 1.81. The first-order valence-corrected chi connectivity index (χ1v) is 3.82. The Balaban J connectivity index is 0.000000810. The largest absolute Gasteiger partial charge is 0.384 e. The van der Waals surface area contributed by atoms with E-state index >= 15 is 0 Å². The predicted molar refractivity (Wildman–Crippen MR) is 45.1 cm³/mol. The maximum atomic E-state index is 5.07. The average Bonchev–Trinajstić information content (AvgIpc) is 2.17. The fourth-order valence-corrected chi connectivity index (χ4v) is 1.71. The van der Waals surface area contributed by atoms with Crippen LogP contribution in [-0.4, -0.2) is 13.7 Å². The van der Waals surface area contributed by atoms with Crippen molar-refractivity contribution in [1.29, 1.82) is 0 Å². The van der Waals surface area contributed by atoms with Crippen molar-refractivity contribution < 1.29 is 4.74 Å². The van der Waals surface area contributed by atoms with Crippen LogP contribution in [0.4, 0.5) is 0 Å². The summed E-state index contributed by atoms with van der Waals surface area (Å²) in [4.78, 5) is 0. The Hall–Kier alpha value is -0.0400. The summed E-state index contributed by atoms with van der Waals surface area (Å²) in [5.41, 5.74) is 0. The van der Waals surface area contributed by atoms with E-state index in [1.54, 1.807) is 7.11 Å². The van der Waals surface area contributed by atoms with E-state index in [1.807, 2.05) is 0 Å². The van der Waals surface area contributed by atoms with Crippen molar-refractivity contribution in [2.75, 3.05) is 13.7 Å². The molecule has 2 unspecified atom stereocenters. The lowest BCUT2D eigenvalue weighted by atomic mass is 10.1. The molecule has 1 nitrogen and oxygen atoms in total. The maximum Gasteiger partial charge on any atom is 0.0490 e. The molecular weight excluding hydrogens is 124 g/mol. The second-order valence-corrected chi connectivity index (χ2v) is 3.24. The summed E-state index contributed by atoms with van der Waals surface area (Å²) >= 11 is 0. The van der Waals surface area contributed by atoms with Gasteiger partial charge in [-0.25, -0.2) is 0 Å². The highest BCUT2D eigenvalue weighted by Gasteiger charge is 2.20. The third kappa shape index (κ3) is 2.70. The Kier molecular flexibility index (Phi) is 4.71. The third-order valence-electron chi connectivity index (χ3n) is 2.21. The van der Waals surface area contributed by atoms with Crippen molar-refractivity contribution in [3.63, 3.8) is 0 Å². The Morgan fingerprint density at radius 2 is 2.10 bits per heavy atom. The van der Waals surface area contributed by atoms with E-state index in [-0.39, 0.29) is 7.43 Å². The molecule has 0 spiro atoms. The monoisotopic (exact) mass is 144 g/mol. The Labute approximate surface area is 64.8 Å². The van der Waals surface area contributed by atoms with Crippen molar-refractivity contribution >= 4 is 0 Å². The standard InChI is InChI=1S/C8H16O.CH4/c1-7-3-4-8(5-7)6-9-2;/h7-8H,3-6H2,1-2H3;1H4. The molecule has 1 heteroatoms. The van der Waals surface area contributed by atoms with Gasteiger partial charge in [0.2, 0.25) is 0 Å². The molecule has 0 heterocycles. The van der Waals surface area contributed by atoms with Crippen molar-refractivity contribution in [3.8, 4) is 0 Å². The smallest absolute Gasteiger partial charge is 0.0490 e. The van der Waals surface area contributed by atoms with E-state index in [0.717, 1.165) is 18.4 Å². The molecule has 0 aromatic carbocycles. The zero-order valence-corrected chi connectivity index (χ0v) is 6.39. The lowest BCUT2D eigenvalue weighted by Gasteiger charge is -2.05. The van der Waals surface area contributed by atoms with Gasteiger partial charge in [0, 0.05) is 13.7 Å². The molecule has 0 saturated heterocycles. The minimum atomic E-state index is 0. The van der Waals surface area contributed by atoms with Crippen molar-refractivity contribution in [2.24, 2.45) is 11.8 Å². The van der Waals surface area contributed by atoms with Gasteiger partial charge in [-0.05, 0) is 24.7 Å². The fraction of sp³-hybridized carbons (Fsp3) is 1.00. The molecule has 1 aliphatic carbocycles. The van der Waals surface area contributed by atoms with E-state index in [0.29, 0.717) is 0 Å². The molecule has 10 heavy (non-hydrogen) atoms. The van der Waals surface area contributed by atoms with Crippen LogP contribution in [0.1, 0.15) is 33.6 Å². The number of hydrogen-bond acceptors (Lipinski definition) is 1. The lowest BCUT2D eigenvalue weighted by molar-refractivity contribution is 0.153. The normalized spacial score (nSPS) is 31.8. The van der Waals surface area contributed by atoms with Crippen LogP contribution in [0.3, 0.4) is 0 Å². The highest BCUT2D eigenvalue weighted by Crippen LogP contribution is 2.29. The molecule has 1 aliphatic rings. The Morgan fingerprint density at radius 1 is 1.40 bits per heavy atom. The van der Waals surface area contributed by atoms with Gasteiger partial charge in [-0.1, -0.05) is 20.8 Å². The van der Waals surface area contributed by atoms with Gasteiger partial charge in [0.15, 0.2) is 0 Å². The highest BCUT2D eigenvalue weighted by molar-refractivity contribution is 4.71. The number of hydrogen-bond donors (Lipinski definition) is 0. The van der Waals surface area contributed by atoms with Crippen molar-refractivity contribution in [3.05, 3.63) is 0 Å². The Morgan fingerprint density at radius 3 is 2.50 bits per heavy atom. The predicted octanol–water partition coefficient (Wildman–Crippen LogP) is 2.71. The SMILES string of the molecule is C.COCC1CCC(C)C1. The molecule has 0 amide bonds. The van der Waals surface area contributed by atoms with Crippen LogP contribution in [0.25, 0.3) is 0 Å². The van der Waals surface area contributed by atoms with Crippen LogP contribution in [-0.2, 0) is 4.74 Å². The molecule has 62 valence electrons. The highest BCUT2D eigenvalue weighted by atomic mass is 16.5.